The summed E-state index contributed by atoms with van der Waals surface area (Å²) >= 11 is 0. The maximum absolute atomic E-state index is 12.9. The van der Waals surface area contributed by atoms with Gasteiger partial charge in [0.05, 0.1) is 25.3 Å². The highest BCUT2D eigenvalue weighted by Gasteiger charge is 2.18. The molecule has 1 atom stereocenters. The van der Waals surface area contributed by atoms with Crippen LogP contribution in [-0.2, 0) is 14.3 Å². The molecule has 1 amide bonds. The predicted octanol–water partition coefficient (Wildman–Crippen LogP) is 2.80. The van der Waals surface area contributed by atoms with Gasteiger partial charge >= 0.3 is 11.9 Å². The standard InChI is InChI=1S/C19H18FNO6/c1-11(27-16-6-4-14(20)5-7-16)17(22)21-15-9-12(18(23)25-2)8-13(10-15)19(24)26-3/h4-11H,1-3H3,(H,21,22)/t11-/m1/s1. The summed E-state index contributed by atoms with van der Waals surface area (Å²) in [6, 6.07) is 9.23. The first kappa shape index (κ1) is 19.9. The number of anilines is 1. The van der Waals surface area contributed by atoms with Gasteiger partial charge < -0.3 is 19.5 Å². The topological polar surface area (TPSA) is 90.9 Å². The van der Waals surface area contributed by atoms with Crippen molar-refractivity contribution in [3.05, 3.63) is 59.4 Å². The number of amides is 1. The van der Waals surface area contributed by atoms with Crippen molar-refractivity contribution in [2.45, 2.75) is 13.0 Å². The maximum Gasteiger partial charge on any atom is 0.337 e. The molecule has 27 heavy (non-hydrogen) atoms. The molecule has 1 N–H and O–H groups in total. The van der Waals surface area contributed by atoms with Crippen LogP contribution in [0.1, 0.15) is 27.6 Å². The average Bonchev–Trinajstić information content (AvgIpc) is 2.67. The number of methoxy groups -OCH3 is 2. The van der Waals surface area contributed by atoms with E-state index in [9.17, 15) is 18.8 Å². The van der Waals surface area contributed by atoms with Gasteiger partial charge in [0.25, 0.3) is 5.91 Å². The monoisotopic (exact) mass is 375 g/mol. The van der Waals surface area contributed by atoms with Gasteiger partial charge in [-0.05, 0) is 49.4 Å². The Morgan fingerprint density at radius 1 is 0.926 bits per heavy atom. The summed E-state index contributed by atoms with van der Waals surface area (Å²) in [5.74, 6) is -1.98. The van der Waals surface area contributed by atoms with E-state index in [0.29, 0.717) is 5.75 Å². The minimum absolute atomic E-state index is 0.0720. The van der Waals surface area contributed by atoms with E-state index in [-0.39, 0.29) is 16.8 Å². The number of nitrogens with one attached hydrogen (secondary N) is 1. The van der Waals surface area contributed by atoms with Gasteiger partial charge in [-0.25, -0.2) is 14.0 Å². The molecule has 0 heterocycles. The maximum atomic E-state index is 12.9. The van der Waals surface area contributed by atoms with Gasteiger partial charge in [-0.1, -0.05) is 0 Å². The summed E-state index contributed by atoms with van der Waals surface area (Å²) in [5.41, 5.74) is 0.337. The van der Waals surface area contributed by atoms with Gasteiger partial charge in [-0.3, -0.25) is 4.79 Å². The molecule has 7 nitrogen and oxygen atoms in total. The molecule has 0 saturated carbocycles. The Bertz CT molecular complexity index is 816. The van der Waals surface area contributed by atoms with Crippen LogP contribution >= 0.6 is 0 Å². The van der Waals surface area contributed by atoms with Crippen molar-refractivity contribution in [1.29, 1.82) is 0 Å². The van der Waals surface area contributed by atoms with Gasteiger partial charge in [0.2, 0.25) is 0 Å². The van der Waals surface area contributed by atoms with Crippen LogP contribution in [-0.4, -0.2) is 38.2 Å². The third-order valence-corrected chi connectivity index (χ3v) is 3.54. The lowest BCUT2D eigenvalue weighted by molar-refractivity contribution is -0.122. The fourth-order valence-electron chi connectivity index (χ4n) is 2.19. The minimum atomic E-state index is -0.918. The summed E-state index contributed by atoms with van der Waals surface area (Å²) in [6.07, 6.45) is -0.918. The Morgan fingerprint density at radius 2 is 1.44 bits per heavy atom. The first-order valence-corrected chi connectivity index (χ1v) is 7.89. The Morgan fingerprint density at radius 3 is 1.93 bits per heavy atom. The van der Waals surface area contributed by atoms with E-state index in [1.165, 1.54) is 63.6 Å². The highest BCUT2D eigenvalue weighted by molar-refractivity contribution is 6.00. The van der Waals surface area contributed by atoms with Crippen LogP contribution in [0.15, 0.2) is 42.5 Å². The molecule has 0 aliphatic carbocycles. The van der Waals surface area contributed by atoms with E-state index in [1.54, 1.807) is 0 Å². The zero-order chi connectivity index (χ0) is 20.0. The highest BCUT2D eigenvalue weighted by atomic mass is 19.1. The zero-order valence-electron chi connectivity index (χ0n) is 14.9. The molecule has 0 spiro atoms. The predicted molar refractivity (Wildman–Crippen MR) is 94.2 cm³/mol. The minimum Gasteiger partial charge on any atom is -0.481 e. The molecule has 2 aromatic rings. The van der Waals surface area contributed by atoms with Crippen molar-refractivity contribution in [1.82, 2.24) is 0 Å². The first-order valence-electron chi connectivity index (χ1n) is 7.89. The SMILES string of the molecule is COC(=O)c1cc(NC(=O)[C@@H](C)Oc2ccc(F)cc2)cc(C(=O)OC)c1. The molecule has 0 aliphatic heterocycles. The number of benzene rings is 2. The van der Waals surface area contributed by atoms with E-state index in [4.69, 9.17) is 4.74 Å². The fourth-order valence-corrected chi connectivity index (χ4v) is 2.19. The lowest BCUT2D eigenvalue weighted by atomic mass is 10.1. The number of carbonyl (C=O) groups is 3. The van der Waals surface area contributed by atoms with Crippen LogP contribution in [0.5, 0.6) is 5.75 Å². The summed E-state index contributed by atoms with van der Waals surface area (Å²) in [4.78, 5) is 35.9. The molecule has 2 rings (SSSR count). The summed E-state index contributed by atoms with van der Waals surface area (Å²) in [5, 5.41) is 2.56. The summed E-state index contributed by atoms with van der Waals surface area (Å²) in [6.45, 7) is 1.50. The highest BCUT2D eigenvalue weighted by Crippen LogP contribution is 2.18. The smallest absolute Gasteiger partial charge is 0.337 e. The first-order chi connectivity index (χ1) is 12.8. The number of halogens is 1. The van der Waals surface area contributed by atoms with Crippen molar-refractivity contribution >= 4 is 23.5 Å². The largest absolute Gasteiger partial charge is 0.481 e. The van der Waals surface area contributed by atoms with Gasteiger partial charge in [0.1, 0.15) is 11.6 Å². The lowest BCUT2D eigenvalue weighted by Gasteiger charge is -2.15. The molecule has 0 aromatic heterocycles. The Hall–Kier alpha value is -3.42. The second-order valence-corrected chi connectivity index (χ2v) is 5.49. The second kappa shape index (κ2) is 8.79. The van der Waals surface area contributed by atoms with Crippen LogP contribution in [0.2, 0.25) is 0 Å². The number of carbonyl (C=O) groups excluding carboxylic acids is 3. The molecule has 0 unspecified atom stereocenters. The molecule has 0 aliphatic rings. The average molecular weight is 375 g/mol. The summed E-state index contributed by atoms with van der Waals surface area (Å²) < 4.78 is 27.6. The Kier molecular flexibility index (Phi) is 6.48. The molecule has 0 bridgehead atoms. The summed E-state index contributed by atoms with van der Waals surface area (Å²) in [7, 11) is 2.40. The van der Waals surface area contributed by atoms with Crippen LogP contribution in [0.25, 0.3) is 0 Å². The van der Waals surface area contributed by atoms with E-state index in [2.05, 4.69) is 14.8 Å². The van der Waals surface area contributed by atoms with Crippen molar-refractivity contribution in [3.8, 4) is 5.75 Å². The Labute approximate surface area is 155 Å². The van der Waals surface area contributed by atoms with Crippen molar-refractivity contribution in [2.75, 3.05) is 19.5 Å². The van der Waals surface area contributed by atoms with Crippen LogP contribution < -0.4 is 10.1 Å². The number of rotatable bonds is 6. The van der Waals surface area contributed by atoms with Crippen LogP contribution in [0.4, 0.5) is 10.1 Å². The molecule has 8 heteroatoms. The number of esters is 2. The molecular formula is C19H18FNO6. The molecule has 142 valence electrons. The van der Waals surface area contributed by atoms with Crippen molar-refractivity contribution in [3.63, 3.8) is 0 Å². The molecule has 0 radical (unpaired) electrons. The van der Waals surface area contributed by atoms with Crippen molar-refractivity contribution in [2.24, 2.45) is 0 Å². The molecule has 0 fully saturated rings. The van der Waals surface area contributed by atoms with E-state index in [1.807, 2.05) is 0 Å². The van der Waals surface area contributed by atoms with Gasteiger partial charge in [-0.2, -0.15) is 0 Å². The van der Waals surface area contributed by atoms with Gasteiger partial charge in [0.15, 0.2) is 6.10 Å². The van der Waals surface area contributed by atoms with E-state index < -0.39 is 29.8 Å². The van der Waals surface area contributed by atoms with E-state index in [0.717, 1.165) is 0 Å². The number of hydrogen-bond donors (Lipinski definition) is 1. The lowest BCUT2D eigenvalue weighted by Crippen LogP contribution is -2.30. The number of hydrogen-bond acceptors (Lipinski definition) is 6. The quantitative estimate of drug-likeness (QED) is 0.781. The van der Waals surface area contributed by atoms with Gasteiger partial charge in [-0.15, -0.1) is 0 Å². The van der Waals surface area contributed by atoms with E-state index >= 15 is 0 Å². The Balaban J connectivity index is 2.18. The molecule has 2 aromatic carbocycles. The third-order valence-electron chi connectivity index (χ3n) is 3.54. The van der Waals surface area contributed by atoms with Crippen molar-refractivity contribution < 1.29 is 33.0 Å². The van der Waals surface area contributed by atoms with Crippen LogP contribution in [0, 0.1) is 5.82 Å². The number of ether oxygens (including phenoxy) is 3. The fraction of sp³-hybridized carbons (Fsp3) is 0.211. The molecular weight excluding hydrogens is 357 g/mol. The van der Waals surface area contributed by atoms with Crippen LogP contribution in [0.3, 0.4) is 0 Å². The zero-order valence-corrected chi connectivity index (χ0v) is 14.9. The normalized spacial score (nSPS) is 11.3. The second-order valence-electron chi connectivity index (χ2n) is 5.49. The molecule has 0 saturated heterocycles. The van der Waals surface area contributed by atoms with Gasteiger partial charge in [0, 0.05) is 5.69 Å². The third kappa shape index (κ3) is 5.27.